The highest BCUT2D eigenvalue weighted by molar-refractivity contribution is 5.71. The third-order valence-corrected chi connectivity index (χ3v) is 0.669. The molecule has 0 saturated heterocycles. The van der Waals surface area contributed by atoms with E-state index in [2.05, 4.69) is 10.6 Å². The first kappa shape index (κ1) is 4.65. The average Bonchev–Trinajstić information content (AvgIpc) is 1.90. The first-order valence-corrected chi connectivity index (χ1v) is 2.08. The molecule has 1 N–H and O–H groups in total. The normalized spacial score (nSPS) is 15.1. The van der Waals surface area contributed by atoms with Gasteiger partial charge in [-0.15, -0.1) is 0 Å². The second-order valence-corrected chi connectivity index (χ2v) is 1.19. The zero-order valence-corrected chi connectivity index (χ0v) is 4.07. The molecule has 0 aromatic heterocycles. The maximum Gasteiger partial charge on any atom is 0.205 e. The standard InChI is InChI=1S/C4H4N4/c5-4-8-3-1-2-6-7-8/h1-3,7H. The van der Waals surface area contributed by atoms with Gasteiger partial charge in [0.2, 0.25) is 6.19 Å². The van der Waals surface area contributed by atoms with Crippen LogP contribution in [0.25, 0.3) is 0 Å². The lowest BCUT2D eigenvalue weighted by Crippen LogP contribution is -2.25. The van der Waals surface area contributed by atoms with Crippen LogP contribution in [0.3, 0.4) is 0 Å². The Balaban J connectivity index is 2.55. The summed E-state index contributed by atoms with van der Waals surface area (Å²) in [6.45, 7) is 0. The molecule has 0 unspecified atom stereocenters. The Bertz CT molecular complexity index is 163. The average molecular weight is 108 g/mol. The van der Waals surface area contributed by atoms with Crippen molar-refractivity contribution in [1.82, 2.24) is 10.5 Å². The molecule has 4 heteroatoms. The number of hydrogen-bond acceptors (Lipinski definition) is 4. The van der Waals surface area contributed by atoms with Crippen LogP contribution < -0.4 is 5.53 Å². The van der Waals surface area contributed by atoms with Crippen LogP contribution in [-0.4, -0.2) is 11.2 Å². The van der Waals surface area contributed by atoms with Crippen molar-refractivity contribution in [1.29, 1.82) is 5.26 Å². The van der Waals surface area contributed by atoms with E-state index in [0.29, 0.717) is 0 Å². The molecular weight excluding hydrogens is 104 g/mol. The van der Waals surface area contributed by atoms with Crippen molar-refractivity contribution in [2.75, 3.05) is 0 Å². The van der Waals surface area contributed by atoms with Crippen LogP contribution in [0.4, 0.5) is 0 Å². The molecule has 0 radical (unpaired) electrons. The van der Waals surface area contributed by atoms with Gasteiger partial charge in [-0.25, -0.2) is 5.53 Å². The van der Waals surface area contributed by atoms with Crippen LogP contribution >= 0.6 is 0 Å². The summed E-state index contributed by atoms with van der Waals surface area (Å²) >= 11 is 0. The van der Waals surface area contributed by atoms with E-state index in [-0.39, 0.29) is 0 Å². The number of hydrazone groups is 1. The lowest BCUT2D eigenvalue weighted by Gasteiger charge is -2.09. The molecule has 1 aliphatic heterocycles. The van der Waals surface area contributed by atoms with E-state index >= 15 is 0 Å². The molecule has 1 rings (SSSR count). The zero-order valence-electron chi connectivity index (χ0n) is 4.07. The van der Waals surface area contributed by atoms with Gasteiger partial charge in [-0.05, 0) is 6.08 Å². The molecule has 0 spiro atoms. The summed E-state index contributed by atoms with van der Waals surface area (Å²) in [6, 6.07) is 0. The molecule has 0 aliphatic carbocycles. The van der Waals surface area contributed by atoms with Gasteiger partial charge in [0.15, 0.2) is 0 Å². The quantitative estimate of drug-likeness (QED) is 0.437. The lowest BCUT2D eigenvalue weighted by molar-refractivity contribution is 0.391. The number of hydrazine groups is 1. The number of rotatable bonds is 0. The fourth-order valence-corrected chi connectivity index (χ4v) is 0.352. The smallest absolute Gasteiger partial charge is 0.205 e. The Morgan fingerprint density at radius 1 is 1.75 bits per heavy atom. The Hall–Kier alpha value is -1.50. The van der Waals surface area contributed by atoms with Crippen LogP contribution in [-0.2, 0) is 0 Å². The maximum absolute atomic E-state index is 8.18. The van der Waals surface area contributed by atoms with Crippen molar-refractivity contribution >= 4 is 6.21 Å². The van der Waals surface area contributed by atoms with Gasteiger partial charge in [-0.1, -0.05) is 0 Å². The van der Waals surface area contributed by atoms with E-state index in [1.165, 1.54) is 5.01 Å². The fraction of sp³-hybridized carbons (Fsp3) is 0. The van der Waals surface area contributed by atoms with Gasteiger partial charge in [0, 0.05) is 6.20 Å². The number of allylic oxidation sites excluding steroid dienone is 1. The maximum atomic E-state index is 8.18. The van der Waals surface area contributed by atoms with Gasteiger partial charge in [-0.3, -0.25) is 0 Å². The molecule has 1 aliphatic rings. The third kappa shape index (κ3) is 0.763. The minimum Gasteiger partial charge on any atom is -0.205 e. The van der Waals surface area contributed by atoms with E-state index in [1.807, 2.05) is 6.19 Å². The van der Waals surface area contributed by atoms with Crippen LogP contribution in [0, 0.1) is 11.5 Å². The Morgan fingerprint density at radius 2 is 2.62 bits per heavy atom. The predicted molar refractivity (Wildman–Crippen MR) is 28.2 cm³/mol. The molecule has 0 aromatic carbocycles. The predicted octanol–water partition coefficient (Wildman–Crippen LogP) is -0.213. The van der Waals surface area contributed by atoms with Crippen molar-refractivity contribution in [3.8, 4) is 6.19 Å². The summed E-state index contributed by atoms with van der Waals surface area (Å²) < 4.78 is 0. The third-order valence-electron chi connectivity index (χ3n) is 0.669. The van der Waals surface area contributed by atoms with Crippen molar-refractivity contribution in [3.05, 3.63) is 12.3 Å². The van der Waals surface area contributed by atoms with E-state index < -0.39 is 0 Å². The molecule has 1 heterocycles. The Labute approximate surface area is 46.7 Å². The molecule has 8 heavy (non-hydrogen) atoms. The summed E-state index contributed by atoms with van der Waals surface area (Å²) in [5.41, 5.74) is 2.42. The molecule has 0 amide bonds. The van der Waals surface area contributed by atoms with E-state index in [4.69, 9.17) is 5.26 Å². The highest BCUT2D eigenvalue weighted by atomic mass is 15.6. The van der Waals surface area contributed by atoms with Crippen molar-refractivity contribution in [2.45, 2.75) is 0 Å². The first-order valence-electron chi connectivity index (χ1n) is 2.08. The largest absolute Gasteiger partial charge is 0.205 e. The molecule has 40 valence electrons. The molecule has 0 aromatic rings. The van der Waals surface area contributed by atoms with E-state index in [0.717, 1.165) is 0 Å². The molecular formula is C4H4N4. The topological polar surface area (TPSA) is 51.4 Å². The monoisotopic (exact) mass is 108 g/mol. The molecule has 0 atom stereocenters. The first-order chi connectivity index (χ1) is 3.93. The summed E-state index contributed by atoms with van der Waals surface area (Å²) in [4.78, 5) is 0. The van der Waals surface area contributed by atoms with E-state index in [9.17, 15) is 0 Å². The van der Waals surface area contributed by atoms with E-state index in [1.54, 1.807) is 18.5 Å². The number of nitriles is 1. The summed E-state index contributed by atoms with van der Waals surface area (Å²) in [5.74, 6) is 0. The molecule has 0 saturated carbocycles. The molecule has 0 fully saturated rings. The summed E-state index contributed by atoms with van der Waals surface area (Å²) in [5, 5.41) is 12.9. The Kier molecular flexibility index (Phi) is 1.15. The summed E-state index contributed by atoms with van der Waals surface area (Å²) in [7, 11) is 0. The minimum atomic E-state index is 1.19. The van der Waals surface area contributed by atoms with Gasteiger partial charge in [0.05, 0.1) is 6.21 Å². The van der Waals surface area contributed by atoms with Gasteiger partial charge in [0.1, 0.15) is 0 Å². The SMILES string of the molecule is N#CN1C=CC=NN1. The number of nitrogens with zero attached hydrogens (tertiary/aromatic N) is 3. The van der Waals surface area contributed by atoms with Crippen LogP contribution in [0.1, 0.15) is 0 Å². The molecule has 0 bridgehead atoms. The van der Waals surface area contributed by atoms with Crippen LogP contribution in [0.5, 0.6) is 0 Å². The highest BCUT2D eigenvalue weighted by Gasteiger charge is 1.91. The fourth-order valence-electron chi connectivity index (χ4n) is 0.352. The van der Waals surface area contributed by atoms with Gasteiger partial charge < -0.3 is 0 Å². The lowest BCUT2D eigenvalue weighted by atomic mass is 10.6. The molecule has 4 nitrogen and oxygen atoms in total. The number of hydrogen-bond donors (Lipinski definition) is 1. The second kappa shape index (κ2) is 1.98. The van der Waals surface area contributed by atoms with Gasteiger partial charge >= 0.3 is 0 Å². The van der Waals surface area contributed by atoms with Crippen LogP contribution in [0.2, 0.25) is 0 Å². The van der Waals surface area contributed by atoms with Gasteiger partial charge in [0.25, 0.3) is 0 Å². The van der Waals surface area contributed by atoms with Crippen molar-refractivity contribution < 1.29 is 0 Å². The van der Waals surface area contributed by atoms with Gasteiger partial charge in [-0.2, -0.15) is 15.4 Å². The van der Waals surface area contributed by atoms with Crippen molar-refractivity contribution in [2.24, 2.45) is 5.10 Å². The zero-order chi connectivity index (χ0) is 5.82. The van der Waals surface area contributed by atoms with Crippen LogP contribution in [0.15, 0.2) is 17.4 Å². The highest BCUT2D eigenvalue weighted by Crippen LogP contribution is 1.83. The minimum absolute atomic E-state index is 1.19. The van der Waals surface area contributed by atoms with Crippen molar-refractivity contribution in [3.63, 3.8) is 0 Å². The number of nitrogens with one attached hydrogen (secondary N) is 1. The summed E-state index contributed by atoms with van der Waals surface area (Å²) in [6.07, 6.45) is 6.63. The second-order valence-electron chi connectivity index (χ2n) is 1.19. The Morgan fingerprint density at radius 3 is 3.00 bits per heavy atom.